The van der Waals surface area contributed by atoms with Gasteiger partial charge < -0.3 is 15.8 Å². The van der Waals surface area contributed by atoms with Crippen LogP contribution in [0.5, 0.6) is 0 Å². The van der Waals surface area contributed by atoms with E-state index in [2.05, 4.69) is 56.2 Å². The van der Waals surface area contributed by atoms with Crippen LogP contribution < -0.4 is 11.1 Å². The third-order valence-corrected chi connectivity index (χ3v) is 3.31. The van der Waals surface area contributed by atoms with Gasteiger partial charge in [0.1, 0.15) is 0 Å². The number of nitrogens with two attached hydrogens (primary N) is 1. The van der Waals surface area contributed by atoms with Crippen LogP contribution in [0.2, 0.25) is 0 Å². The Morgan fingerprint density at radius 2 is 1.86 bits per heavy atom. The lowest BCUT2D eigenvalue weighted by molar-refractivity contribution is 0.0266. The van der Waals surface area contributed by atoms with Crippen molar-refractivity contribution in [2.75, 3.05) is 18.5 Å². The highest BCUT2D eigenvalue weighted by atomic mass is 16.5. The van der Waals surface area contributed by atoms with Gasteiger partial charge in [0.05, 0.1) is 6.10 Å². The fraction of sp³-hybridized carbons (Fsp3) is 0.588. The average Bonchev–Trinajstić information content (AvgIpc) is 2.36. The summed E-state index contributed by atoms with van der Waals surface area (Å²) in [6.07, 6.45) is 1.13. The predicted octanol–water partition coefficient (Wildman–Crippen LogP) is 3.48. The molecule has 1 unspecified atom stereocenters. The summed E-state index contributed by atoms with van der Waals surface area (Å²) in [6.45, 7) is 11.9. The zero-order chi connectivity index (χ0) is 15.8. The average molecular weight is 291 g/mol. The molecule has 0 fully saturated rings. The van der Waals surface area contributed by atoms with Crippen molar-refractivity contribution in [3.63, 3.8) is 0 Å². The van der Waals surface area contributed by atoms with Crippen LogP contribution in [0.3, 0.4) is 0 Å². The van der Waals surface area contributed by atoms with E-state index in [-0.39, 0.29) is 6.10 Å². The van der Waals surface area contributed by atoms with E-state index in [4.69, 9.17) is 10.5 Å². The van der Waals surface area contributed by atoms with Crippen molar-refractivity contribution in [2.24, 2.45) is 16.6 Å². The van der Waals surface area contributed by atoms with Crippen LogP contribution in [0.15, 0.2) is 23.2 Å². The number of hydrogen-bond donors (Lipinski definition) is 2. The molecule has 0 aromatic heterocycles. The molecule has 0 bridgehead atoms. The number of nitrogens with zero attached hydrogens (tertiary/aromatic N) is 1. The first kappa shape index (κ1) is 17.5. The monoisotopic (exact) mass is 291 g/mol. The Hall–Kier alpha value is -1.55. The summed E-state index contributed by atoms with van der Waals surface area (Å²) in [5, 5.41) is 3.15. The molecule has 0 aliphatic carbocycles. The molecule has 0 radical (unpaired) electrons. The molecule has 0 saturated carbocycles. The molecule has 0 aliphatic heterocycles. The fourth-order valence-corrected chi connectivity index (χ4v) is 2.37. The summed E-state index contributed by atoms with van der Waals surface area (Å²) >= 11 is 0. The van der Waals surface area contributed by atoms with Crippen LogP contribution in [0, 0.1) is 19.8 Å². The van der Waals surface area contributed by atoms with Crippen molar-refractivity contribution in [3.8, 4) is 0 Å². The van der Waals surface area contributed by atoms with Gasteiger partial charge in [-0.15, -0.1) is 0 Å². The lowest BCUT2D eigenvalue weighted by Crippen LogP contribution is -2.25. The minimum absolute atomic E-state index is 0.243. The van der Waals surface area contributed by atoms with Crippen LogP contribution in [0.1, 0.15) is 38.3 Å². The molecule has 118 valence electrons. The van der Waals surface area contributed by atoms with Crippen molar-refractivity contribution < 1.29 is 4.74 Å². The number of rotatable bonds is 7. The summed E-state index contributed by atoms with van der Waals surface area (Å²) in [4.78, 5) is 4.39. The van der Waals surface area contributed by atoms with E-state index >= 15 is 0 Å². The predicted molar refractivity (Wildman–Crippen MR) is 90.9 cm³/mol. The van der Waals surface area contributed by atoms with Gasteiger partial charge in [0, 0.05) is 18.8 Å². The Labute approximate surface area is 128 Å². The third-order valence-electron chi connectivity index (χ3n) is 3.31. The lowest BCUT2D eigenvalue weighted by atomic mass is 10.0. The van der Waals surface area contributed by atoms with Gasteiger partial charge >= 0.3 is 0 Å². The molecule has 0 amide bonds. The number of anilines is 1. The Morgan fingerprint density at radius 1 is 1.24 bits per heavy atom. The van der Waals surface area contributed by atoms with E-state index in [1.54, 1.807) is 0 Å². The molecule has 1 aromatic rings. The van der Waals surface area contributed by atoms with E-state index in [0.717, 1.165) is 18.7 Å². The summed E-state index contributed by atoms with van der Waals surface area (Å²) in [5.41, 5.74) is 9.34. The van der Waals surface area contributed by atoms with Gasteiger partial charge in [-0.1, -0.05) is 19.9 Å². The molecule has 1 atom stereocenters. The number of nitrogens with one attached hydrogen (secondary N) is 1. The zero-order valence-electron chi connectivity index (χ0n) is 13.9. The molecule has 3 N–H and O–H groups in total. The Bertz CT molecular complexity index is 449. The molecular weight excluding hydrogens is 262 g/mol. The molecule has 21 heavy (non-hydrogen) atoms. The summed E-state index contributed by atoms with van der Waals surface area (Å²) < 4.78 is 5.70. The van der Waals surface area contributed by atoms with E-state index in [9.17, 15) is 0 Å². The van der Waals surface area contributed by atoms with Gasteiger partial charge in [-0.05, 0) is 56.4 Å². The highest BCUT2D eigenvalue weighted by Gasteiger charge is 2.12. The smallest absolute Gasteiger partial charge is 0.193 e. The molecule has 0 spiro atoms. The largest absolute Gasteiger partial charge is 0.378 e. The number of hydrogen-bond acceptors (Lipinski definition) is 2. The zero-order valence-corrected chi connectivity index (χ0v) is 13.9. The van der Waals surface area contributed by atoms with Gasteiger partial charge in [0.25, 0.3) is 0 Å². The van der Waals surface area contributed by atoms with Crippen molar-refractivity contribution in [1.29, 1.82) is 0 Å². The van der Waals surface area contributed by atoms with Crippen LogP contribution in [0.25, 0.3) is 0 Å². The van der Waals surface area contributed by atoms with Crippen LogP contribution in [0.4, 0.5) is 5.69 Å². The number of aliphatic imine (C=N–C) groups is 1. The normalized spacial score (nSPS) is 13.5. The number of benzene rings is 1. The maximum atomic E-state index is 5.94. The van der Waals surface area contributed by atoms with E-state index in [1.165, 1.54) is 11.1 Å². The Kier molecular flexibility index (Phi) is 7.23. The highest BCUT2D eigenvalue weighted by molar-refractivity contribution is 5.92. The van der Waals surface area contributed by atoms with Gasteiger partial charge in [-0.2, -0.15) is 0 Å². The minimum Gasteiger partial charge on any atom is -0.378 e. The molecular formula is C17H29N3O. The first-order valence-electron chi connectivity index (χ1n) is 7.69. The quantitative estimate of drug-likeness (QED) is 0.597. The Morgan fingerprint density at radius 3 is 2.38 bits per heavy atom. The molecule has 1 aromatic carbocycles. The topological polar surface area (TPSA) is 59.6 Å². The fourth-order valence-electron chi connectivity index (χ4n) is 2.37. The SMILES string of the molecule is CCOC(CCN=C(N)Nc1cc(C)cc(C)c1)C(C)C. The third kappa shape index (κ3) is 6.63. The highest BCUT2D eigenvalue weighted by Crippen LogP contribution is 2.14. The minimum atomic E-state index is 0.243. The molecule has 4 nitrogen and oxygen atoms in total. The van der Waals surface area contributed by atoms with Gasteiger partial charge in [-0.25, -0.2) is 0 Å². The molecule has 0 saturated heterocycles. The summed E-state index contributed by atoms with van der Waals surface area (Å²) in [6, 6.07) is 6.26. The van der Waals surface area contributed by atoms with Gasteiger partial charge in [0.15, 0.2) is 5.96 Å². The molecule has 0 heterocycles. The first-order chi connectivity index (χ1) is 9.92. The number of ether oxygens (including phenoxy) is 1. The Balaban J connectivity index is 2.52. The van der Waals surface area contributed by atoms with Crippen molar-refractivity contribution in [1.82, 2.24) is 0 Å². The second-order valence-corrected chi connectivity index (χ2v) is 5.79. The van der Waals surface area contributed by atoms with Crippen LogP contribution >= 0.6 is 0 Å². The van der Waals surface area contributed by atoms with Crippen LogP contribution in [-0.4, -0.2) is 25.2 Å². The van der Waals surface area contributed by atoms with E-state index < -0.39 is 0 Å². The summed E-state index contributed by atoms with van der Waals surface area (Å²) in [7, 11) is 0. The second-order valence-electron chi connectivity index (χ2n) is 5.79. The van der Waals surface area contributed by atoms with Crippen molar-refractivity contribution >= 4 is 11.6 Å². The van der Waals surface area contributed by atoms with E-state index in [1.807, 2.05) is 6.92 Å². The lowest BCUT2D eigenvalue weighted by Gasteiger charge is -2.19. The van der Waals surface area contributed by atoms with Crippen LogP contribution in [-0.2, 0) is 4.74 Å². The summed E-state index contributed by atoms with van der Waals surface area (Å²) in [5.74, 6) is 0.952. The number of guanidine groups is 1. The molecule has 4 heteroatoms. The van der Waals surface area contributed by atoms with E-state index in [0.29, 0.717) is 18.4 Å². The standard InChI is InChI=1S/C17H29N3O/c1-6-21-16(12(2)3)7-8-19-17(18)20-15-10-13(4)9-14(5)11-15/h9-12,16H,6-8H2,1-5H3,(H3,18,19,20). The van der Waals surface area contributed by atoms with Gasteiger partial charge in [0.2, 0.25) is 0 Å². The number of aryl methyl sites for hydroxylation is 2. The van der Waals surface area contributed by atoms with Crippen molar-refractivity contribution in [3.05, 3.63) is 29.3 Å². The van der Waals surface area contributed by atoms with Gasteiger partial charge in [-0.3, -0.25) is 4.99 Å². The molecule has 0 aliphatic rings. The maximum Gasteiger partial charge on any atom is 0.193 e. The second kappa shape index (κ2) is 8.67. The maximum absolute atomic E-state index is 5.94. The van der Waals surface area contributed by atoms with Crippen molar-refractivity contribution in [2.45, 2.75) is 47.1 Å². The molecule has 1 rings (SSSR count). The first-order valence-corrected chi connectivity index (χ1v) is 7.69.